The lowest BCUT2D eigenvalue weighted by atomic mass is 10.0. The molecule has 0 spiro atoms. The topological polar surface area (TPSA) is 33.3 Å². The van der Waals surface area contributed by atoms with Gasteiger partial charge < -0.3 is 15.4 Å². The second-order valence-electron chi connectivity index (χ2n) is 3.87. The van der Waals surface area contributed by atoms with Crippen LogP contribution < -0.4 is 15.4 Å². The van der Waals surface area contributed by atoms with Crippen molar-refractivity contribution in [2.75, 3.05) is 32.1 Å². The highest BCUT2D eigenvalue weighted by Gasteiger charge is 2.16. The van der Waals surface area contributed by atoms with Gasteiger partial charge in [-0.25, -0.2) is 0 Å². The molecule has 0 saturated carbocycles. The monoisotopic (exact) mass is 260 g/mol. The van der Waals surface area contributed by atoms with Crippen molar-refractivity contribution in [1.82, 2.24) is 5.32 Å². The van der Waals surface area contributed by atoms with Gasteiger partial charge in [0, 0.05) is 31.6 Å². The van der Waals surface area contributed by atoms with Gasteiger partial charge in [-0.15, -0.1) is 0 Å². The number of hydrogen-bond acceptors (Lipinski definition) is 3. The lowest BCUT2D eigenvalue weighted by Crippen LogP contribution is -2.45. The van der Waals surface area contributed by atoms with Crippen LogP contribution in [0.1, 0.15) is 0 Å². The minimum Gasteiger partial charge on any atom is -0.495 e. The molecule has 0 aliphatic carbocycles. The van der Waals surface area contributed by atoms with Crippen molar-refractivity contribution in [2.24, 2.45) is 5.92 Å². The Morgan fingerprint density at radius 2 is 2.12 bits per heavy atom. The van der Waals surface area contributed by atoms with E-state index in [2.05, 4.69) is 10.6 Å². The largest absolute Gasteiger partial charge is 0.495 e. The molecule has 0 amide bonds. The first-order valence-electron chi connectivity index (χ1n) is 5.18. The van der Waals surface area contributed by atoms with E-state index in [0.717, 1.165) is 25.3 Å². The molecule has 2 rings (SSSR count). The molecule has 0 bridgehead atoms. The van der Waals surface area contributed by atoms with E-state index < -0.39 is 0 Å². The van der Waals surface area contributed by atoms with E-state index >= 15 is 0 Å². The number of benzene rings is 1. The summed E-state index contributed by atoms with van der Waals surface area (Å²) in [6.45, 7) is 3.04. The maximum Gasteiger partial charge on any atom is 0.139 e. The Balaban J connectivity index is 2.04. The van der Waals surface area contributed by atoms with Gasteiger partial charge in [-0.05, 0) is 6.07 Å². The van der Waals surface area contributed by atoms with Crippen LogP contribution in [0.25, 0.3) is 0 Å². The zero-order valence-electron chi connectivity index (χ0n) is 9.02. The van der Waals surface area contributed by atoms with Crippen molar-refractivity contribution >= 4 is 28.9 Å². The first-order valence-corrected chi connectivity index (χ1v) is 5.94. The van der Waals surface area contributed by atoms with Crippen LogP contribution in [-0.4, -0.2) is 26.7 Å². The number of anilines is 1. The summed E-state index contributed by atoms with van der Waals surface area (Å²) >= 11 is 12.1. The maximum absolute atomic E-state index is 6.11. The first kappa shape index (κ1) is 11.8. The number of ether oxygens (including phenoxy) is 1. The van der Waals surface area contributed by atoms with Crippen LogP contribution in [0.4, 0.5) is 5.69 Å². The molecule has 1 saturated heterocycles. The molecule has 1 aliphatic rings. The van der Waals surface area contributed by atoms with Crippen LogP contribution >= 0.6 is 23.2 Å². The van der Waals surface area contributed by atoms with Crippen LogP contribution in [0, 0.1) is 5.92 Å². The van der Waals surface area contributed by atoms with E-state index in [9.17, 15) is 0 Å². The number of nitrogens with one attached hydrogen (secondary N) is 2. The highest BCUT2D eigenvalue weighted by atomic mass is 35.5. The summed E-state index contributed by atoms with van der Waals surface area (Å²) in [5.41, 5.74) is 0.861. The summed E-state index contributed by atoms with van der Waals surface area (Å²) in [7, 11) is 1.57. The van der Waals surface area contributed by atoms with Gasteiger partial charge in [0.15, 0.2) is 0 Å². The van der Waals surface area contributed by atoms with Crippen molar-refractivity contribution in [3.8, 4) is 5.75 Å². The molecule has 0 atom stereocenters. The van der Waals surface area contributed by atoms with Crippen LogP contribution in [0.15, 0.2) is 12.1 Å². The average Bonchev–Trinajstić information content (AvgIpc) is 2.20. The van der Waals surface area contributed by atoms with E-state index in [-0.39, 0.29) is 0 Å². The second kappa shape index (κ2) is 5.13. The third kappa shape index (κ3) is 2.54. The molecule has 0 unspecified atom stereocenters. The van der Waals surface area contributed by atoms with Crippen LogP contribution in [-0.2, 0) is 0 Å². The fourth-order valence-electron chi connectivity index (χ4n) is 1.57. The Hall–Kier alpha value is -0.640. The standard InChI is InChI=1S/C11H14Cl2N2O/c1-16-11-3-8(12)10(2-9(11)13)15-6-7-4-14-5-7/h2-3,7,14-15H,4-6H2,1H3. The van der Waals surface area contributed by atoms with Crippen LogP contribution in [0.2, 0.25) is 10.0 Å². The molecular weight excluding hydrogens is 247 g/mol. The summed E-state index contributed by atoms with van der Waals surface area (Å²) < 4.78 is 5.08. The van der Waals surface area contributed by atoms with E-state index in [0.29, 0.717) is 21.7 Å². The Morgan fingerprint density at radius 1 is 1.38 bits per heavy atom. The molecular formula is C11H14Cl2N2O. The lowest BCUT2D eigenvalue weighted by molar-refractivity contribution is 0.365. The van der Waals surface area contributed by atoms with E-state index in [1.807, 2.05) is 0 Å². The van der Waals surface area contributed by atoms with Gasteiger partial charge in [0.05, 0.1) is 22.8 Å². The fraction of sp³-hybridized carbons (Fsp3) is 0.455. The Kier molecular flexibility index (Phi) is 3.79. The highest BCUT2D eigenvalue weighted by molar-refractivity contribution is 6.36. The zero-order chi connectivity index (χ0) is 11.5. The van der Waals surface area contributed by atoms with E-state index in [1.54, 1.807) is 19.2 Å². The second-order valence-corrected chi connectivity index (χ2v) is 4.69. The molecule has 1 fully saturated rings. The predicted molar refractivity (Wildman–Crippen MR) is 67.9 cm³/mol. The van der Waals surface area contributed by atoms with E-state index in [1.165, 1.54) is 0 Å². The normalized spacial score (nSPS) is 15.7. The molecule has 1 aromatic rings. The fourth-order valence-corrected chi connectivity index (χ4v) is 2.03. The average molecular weight is 261 g/mol. The van der Waals surface area contributed by atoms with Crippen molar-refractivity contribution in [1.29, 1.82) is 0 Å². The lowest BCUT2D eigenvalue weighted by Gasteiger charge is -2.27. The van der Waals surface area contributed by atoms with Gasteiger partial charge in [-0.1, -0.05) is 23.2 Å². The third-order valence-electron chi connectivity index (χ3n) is 2.69. The number of methoxy groups -OCH3 is 1. The van der Waals surface area contributed by atoms with Crippen LogP contribution in [0.3, 0.4) is 0 Å². The van der Waals surface area contributed by atoms with Crippen molar-refractivity contribution < 1.29 is 4.74 Å². The minimum atomic E-state index is 0.570. The first-order chi connectivity index (χ1) is 7.70. The summed E-state index contributed by atoms with van der Waals surface area (Å²) in [4.78, 5) is 0. The molecule has 5 heteroatoms. The Bertz CT molecular complexity index is 380. The summed E-state index contributed by atoms with van der Waals surface area (Å²) in [6, 6.07) is 3.53. The zero-order valence-corrected chi connectivity index (χ0v) is 10.5. The Morgan fingerprint density at radius 3 is 2.69 bits per heavy atom. The van der Waals surface area contributed by atoms with Gasteiger partial charge in [-0.3, -0.25) is 0 Å². The van der Waals surface area contributed by atoms with Gasteiger partial charge in [0.1, 0.15) is 5.75 Å². The van der Waals surface area contributed by atoms with Gasteiger partial charge in [0.2, 0.25) is 0 Å². The molecule has 1 aromatic carbocycles. The predicted octanol–water partition coefficient (Wildman–Crippen LogP) is 2.63. The van der Waals surface area contributed by atoms with Gasteiger partial charge in [0.25, 0.3) is 0 Å². The SMILES string of the molecule is COc1cc(Cl)c(NCC2CNC2)cc1Cl. The Labute approximate surface area is 105 Å². The third-order valence-corrected chi connectivity index (χ3v) is 3.30. The van der Waals surface area contributed by atoms with Gasteiger partial charge in [-0.2, -0.15) is 0 Å². The number of hydrogen-bond donors (Lipinski definition) is 2. The van der Waals surface area contributed by atoms with Crippen LogP contribution in [0.5, 0.6) is 5.75 Å². The summed E-state index contributed by atoms with van der Waals surface area (Å²) in [5, 5.41) is 7.72. The summed E-state index contributed by atoms with van der Waals surface area (Å²) in [6.07, 6.45) is 0. The molecule has 0 radical (unpaired) electrons. The molecule has 3 nitrogen and oxygen atoms in total. The molecule has 0 aromatic heterocycles. The van der Waals surface area contributed by atoms with Crippen molar-refractivity contribution in [3.63, 3.8) is 0 Å². The molecule has 1 heterocycles. The summed E-state index contributed by atoms with van der Waals surface area (Å²) in [5.74, 6) is 1.28. The van der Waals surface area contributed by atoms with Crippen molar-refractivity contribution in [2.45, 2.75) is 0 Å². The molecule has 2 N–H and O–H groups in total. The van der Waals surface area contributed by atoms with Gasteiger partial charge >= 0.3 is 0 Å². The number of rotatable bonds is 4. The molecule has 16 heavy (non-hydrogen) atoms. The molecule has 88 valence electrons. The highest BCUT2D eigenvalue weighted by Crippen LogP contribution is 2.34. The van der Waals surface area contributed by atoms with Crippen molar-refractivity contribution in [3.05, 3.63) is 22.2 Å². The molecule has 1 aliphatic heterocycles. The number of halogens is 2. The smallest absolute Gasteiger partial charge is 0.139 e. The van der Waals surface area contributed by atoms with E-state index in [4.69, 9.17) is 27.9 Å². The maximum atomic E-state index is 6.11. The minimum absolute atomic E-state index is 0.570. The quantitative estimate of drug-likeness (QED) is 0.874.